The number of fused-ring (bicyclic) bond motifs is 1. The standard InChI is InChI=1S/C23H18N4O2/c28-23-22(27(26-29-23)17-11-5-2-6-12-17)21-15-20(16-9-3-1-4-10-16)24-18-13-7-8-14-19(18)25-21/h1-14,20,26H,15H2. The van der Waals surface area contributed by atoms with E-state index in [-0.39, 0.29) is 6.04 Å². The van der Waals surface area contributed by atoms with Crippen molar-refractivity contribution in [3.63, 3.8) is 0 Å². The maximum Gasteiger partial charge on any atom is 0.378 e. The summed E-state index contributed by atoms with van der Waals surface area (Å²) in [6, 6.07) is 27.2. The van der Waals surface area contributed by atoms with Gasteiger partial charge in [0.15, 0.2) is 5.70 Å². The van der Waals surface area contributed by atoms with Crippen LogP contribution in [0.15, 0.2) is 106 Å². The molecule has 2 aliphatic heterocycles. The number of nitrogens with zero attached hydrogens (tertiary/aromatic N) is 3. The Balaban J connectivity index is 1.71. The predicted molar refractivity (Wildman–Crippen MR) is 108 cm³/mol. The molecule has 0 saturated carbocycles. The topological polar surface area (TPSA) is 66.3 Å². The molecule has 1 N–H and O–H groups in total. The number of rotatable bonds is 2. The molecule has 0 spiro atoms. The third-order valence-corrected chi connectivity index (χ3v) is 4.94. The fraction of sp³-hybridized carbons (Fsp3) is 0.0870. The number of benzene rings is 3. The van der Waals surface area contributed by atoms with Crippen LogP contribution < -0.4 is 21.3 Å². The fourth-order valence-electron chi connectivity index (χ4n) is 3.55. The Morgan fingerprint density at radius 2 is 1.52 bits per heavy atom. The molecule has 29 heavy (non-hydrogen) atoms. The quantitative estimate of drug-likeness (QED) is 0.692. The summed E-state index contributed by atoms with van der Waals surface area (Å²) in [5.74, 6) is -0.459. The lowest BCUT2D eigenvalue weighted by atomic mass is 10.0. The first-order valence-corrected chi connectivity index (χ1v) is 9.41. The Hall–Kier alpha value is -3.77. The van der Waals surface area contributed by atoms with Gasteiger partial charge in [0.1, 0.15) is 0 Å². The molecular weight excluding hydrogens is 364 g/mol. The molecule has 5 rings (SSSR count). The number of hydrazine groups is 1. The summed E-state index contributed by atoms with van der Waals surface area (Å²) in [7, 11) is 0. The molecule has 1 saturated heterocycles. The zero-order chi connectivity index (χ0) is 19.6. The van der Waals surface area contributed by atoms with Gasteiger partial charge in [-0.15, -0.1) is 0 Å². The van der Waals surface area contributed by atoms with Gasteiger partial charge in [-0.25, -0.2) is 14.8 Å². The van der Waals surface area contributed by atoms with E-state index in [2.05, 4.69) is 5.59 Å². The highest BCUT2D eigenvalue weighted by molar-refractivity contribution is 5.95. The van der Waals surface area contributed by atoms with Crippen molar-refractivity contribution in [3.8, 4) is 0 Å². The van der Waals surface area contributed by atoms with Crippen molar-refractivity contribution in [2.45, 2.75) is 12.5 Å². The van der Waals surface area contributed by atoms with Gasteiger partial charge in [0.05, 0.1) is 28.1 Å². The van der Waals surface area contributed by atoms with Crippen molar-refractivity contribution >= 4 is 11.7 Å². The number of hydrogen-bond donors (Lipinski definition) is 1. The number of hydrogen-bond acceptors (Lipinski definition) is 6. The summed E-state index contributed by atoms with van der Waals surface area (Å²) < 4.78 is 0. The van der Waals surface area contributed by atoms with Gasteiger partial charge in [0.2, 0.25) is 0 Å². The highest BCUT2D eigenvalue weighted by Gasteiger charge is 2.34. The Kier molecular flexibility index (Phi) is 4.38. The first kappa shape index (κ1) is 17.3. The van der Waals surface area contributed by atoms with Gasteiger partial charge in [-0.3, -0.25) is 4.99 Å². The van der Waals surface area contributed by atoms with Crippen molar-refractivity contribution in [3.05, 3.63) is 113 Å². The zero-order valence-electron chi connectivity index (χ0n) is 15.5. The van der Waals surface area contributed by atoms with Gasteiger partial charge in [-0.1, -0.05) is 66.3 Å². The Bertz CT molecular complexity index is 1210. The van der Waals surface area contributed by atoms with Crippen LogP contribution in [0.5, 0.6) is 0 Å². The molecule has 1 fully saturated rings. The lowest BCUT2D eigenvalue weighted by Gasteiger charge is -2.18. The normalized spacial score (nSPS) is 20.9. The predicted octanol–water partition coefficient (Wildman–Crippen LogP) is 2.77. The SMILES string of the molecule is O=C1ONN(c2ccccc2)C1=C1CC(c2ccccc2)N=c2ccccc2=N1. The second-order valence-corrected chi connectivity index (χ2v) is 6.81. The van der Waals surface area contributed by atoms with Crippen LogP contribution in [0.3, 0.4) is 0 Å². The van der Waals surface area contributed by atoms with Crippen LogP contribution >= 0.6 is 0 Å². The summed E-state index contributed by atoms with van der Waals surface area (Å²) >= 11 is 0. The lowest BCUT2D eigenvalue weighted by Crippen LogP contribution is -2.29. The van der Waals surface area contributed by atoms with Gasteiger partial charge in [-0.2, -0.15) is 0 Å². The number of para-hydroxylation sites is 3. The third-order valence-electron chi connectivity index (χ3n) is 4.94. The Labute approximate surface area is 167 Å². The summed E-state index contributed by atoms with van der Waals surface area (Å²) in [6.07, 6.45) is 0.480. The van der Waals surface area contributed by atoms with E-state index in [9.17, 15) is 4.79 Å². The van der Waals surface area contributed by atoms with Crippen molar-refractivity contribution in [1.82, 2.24) is 5.59 Å². The van der Waals surface area contributed by atoms with E-state index in [0.717, 1.165) is 22.0 Å². The monoisotopic (exact) mass is 382 g/mol. The molecule has 1 atom stereocenters. The highest BCUT2D eigenvalue weighted by atomic mass is 16.7. The van der Waals surface area contributed by atoms with E-state index >= 15 is 0 Å². The van der Waals surface area contributed by atoms with Crippen LogP contribution in [0.4, 0.5) is 5.69 Å². The van der Waals surface area contributed by atoms with Gasteiger partial charge < -0.3 is 4.84 Å². The highest BCUT2D eigenvalue weighted by Crippen LogP contribution is 2.31. The molecule has 3 aromatic rings. The van der Waals surface area contributed by atoms with Crippen LogP contribution in [-0.4, -0.2) is 5.97 Å². The molecule has 3 aromatic carbocycles. The maximum atomic E-state index is 12.6. The first-order chi connectivity index (χ1) is 14.3. The molecule has 142 valence electrons. The zero-order valence-corrected chi connectivity index (χ0v) is 15.5. The molecule has 6 heteroatoms. The minimum absolute atomic E-state index is 0.155. The molecule has 1 unspecified atom stereocenters. The second kappa shape index (κ2) is 7.33. The largest absolute Gasteiger partial charge is 0.378 e. The van der Waals surface area contributed by atoms with Crippen LogP contribution in [0.2, 0.25) is 0 Å². The molecule has 0 radical (unpaired) electrons. The number of carbonyl (C=O) groups is 1. The molecule has 6 nitrogen and oxygen atoms in total. The minimum atomic E-state index is -0.459. The summed E-state index contributed by atoms with van der Waals surface area (Å²) in [4.78, 5) is 27.6. The van der Waals surface area contributed by atoms with Crippen molar-refractivity contribution in [2.75, 3.05) is 5.01 Å². The van der Waals surface area contributed by atoms with Gasteiger partial charge in [-0.05, 0) is 29.8 Å². The molecular formula is C23H18N4O2. The van der Waals surface area contributed by atoms with Crippen LogP contribution in [0.25, 0.3) is 0 Å². The first-order valence-electron chi connectivity index (χ1n) is 9.41. The average Bonchev–Trinajstić information content (AvgIpc) is 3.05. The van der Waals surface area contributed by atoms with E-state index in [1.165, 1.54) is 0 Å². The Morgan fingerprint density at radius 1 is 0.862 bits per heavy atom. The lowest BCUT2D eigenvalue weighted by molar-refractivity contribution is -0.140. The molecule has 0 amide bonds. The minimum Gasteiger partial charge on any atom is -0.345 e. The Morgan fingerprint density at radius 3 is 2.28 bits per heavy atom. The molecule has 2 aliphatic rings. The van der Waals surface area contributed by atoms with Gasteiger partial charge in [0.25, 0.3) is 0 Å². The van der Waals surface area contributed by atoms with Crippen molar-refractivity contribution in [2.24, 2.45) is 9.98 Å². The van der Waals surface area contributed by atoms with Crippen molar-refractivity contribution in [1.29, 1.82) is 0 Å². The number of nitrogens with one attached hydrogen (secondary N) is 1. The fourth-order valence-corrected chi connectivity index (χ4v) is 3.55. The van der Waals surface area contributed by atoms with E-state index in [1.54, 1.807) is 5.01 Å². The second-order valence-electron chi connectivity index (χ2n) is 6.81. The maximum absolute atomic E-state index is 12.6. The van der Waals surface area contributed by atoms with Crippen LogP contribution in [0, 0.1) is 0 Å². The van der Waals surface area contributed by atoms with Crippen molar-refractivity contribution < 1.29 is 9.63 Å². The van der Waals surface area contributed by atoms with Crippen LogP contribution in [0.1, 0.15) is 18.0 Å². The van der Waals surface area contributed by atoms with Gasteiger partial charge >= 0.3 is 5.97 Å². The van der Waals surface area contributed by atoms with Gasteiger partial charge in [0, 0.05) is 6.42 Å². The molecule has 0 aromatic heterocycles. The number of carbonyl (C=O) groups excluding carboxylic acids is 1. The van der Waals surface area contributed by atoms with E-state index < -0.39 is 5.97 Å². The van der Waals surface area contributed by atoms with Crippen LogP contribution in [-0.2, 0) is 9.63 Å². The molecule has 0 bridgehead atoms. The molecule has 2 heterocycles. The summed E-state index contributed by atoms with van der Waals surface area (Å²) in [5.41, 5.74) is 5.58. The summed E-state index contributed by atoms with van der Waals surface area (Å²) in [5, 5.41) is 3.18. The average molecular weight is 382 g/mol. The molecule has 0 aliphatic carbocycles. The summed E-state index contributed by atoms with van der Waals surface area (Å²) in [6.45, 7) is 0. The van der Waals surface area contributed by atoms with E-state index in [0.29, 0.717) is 17.8 Å². The van der Waals surface area contributed by atoms with E-state index in [4.69, 9.17) is 14.8 Å². The third kappa shape index (κ3) is 3.30. The number of anilines is 1. The van der Waals surface area contributed by atoms with E-state index in [1.807, 2.05) is 84.9 Å². The smallest absolute Gasteiger partial charge is 0.345 e.